The van der Waals surface area contributed by atoms with Crippen molar-refractivity contribution in [3.8, 4) is 0 Å². The highest BCUT2D eigenvalue weighted by Crippen LogP contribution is 2.43. The molecule has 5 heteroatoms. The number of aliphatic hydroxyl groups excluding tert-OH is 2. The van der Waals surface area contributed by atoms with Gasteiger partial charge in [0.25, 0.3) is 0 Å². The lowest BCUT2D eigenvalue weighted by Crippen LogP contribution is -2.39. The van der Waals surface area contributed by atoms with Crippen molar-refractivity contribution in [2.75, 3.05) is 13.2 Å². The van der Waals surface area contributed by atoms with Gasteiger partial charge in [0.1, 0.15) is 0 Å². The van der Waals surface area contributed by atoms with Gasteiger partial charge in [-0.2, -0.15) is 5.10 Å². The molecule has 0 bridgehead atoms. The van der Waals surface area contributed by atoms with Gasteiger partial charge in [-0.25, -0.2) is 0 Å². The van der Waals surface area contributed by atoms with Crippen LogP contribution in [0.5, 0.6) is 0 Å². The van der Waals surface area contributed by atoms with Gasteiger partial charge in [-0.05, 0) is 48.5 Å². The van der Waals surface area contributed by atoms with Gasteiger partial charge in [-0.15, -0.1) is 0 Å². The highest BCUT2D eigenvalue weighted by Gasteiger charge is 2.40. The van der Waals surface area contributed by atoms with Crippen molar-refractivity contribution >= 4 is 15.9 Å². The molecule has 1 heterocycles. The Kier molecular flexibility index (Phi) is 5.26. The van der Waals surface area contributed by atoms with Crippen LogP contribution in [0.4, 0.5) is 0 Å². The SMILES string of the molecule is CCn1nc(C)c(Br)c1CC(CO)(CO)C1CCCC1. The molecule has 0 aliphatic heterocycles. The van der Waals surface area contributed by atoms with Crippen molar-refractivity contribution in [2.24, 2.45) is 11.3 Å². The monoisotopic (exact) mass is 344 g/mol. The molecule has 1 aromatic heterocycles. The lowest BCUT2D eigenvalue weighted by Gasteiger charge is -2.36. The van der Waals surface area contributed by atoms with Crippen LogP contribution in [0.2, 0.25) is 0 Å². The van der Waals surface area contributed by atoms with Crippen LogP contribution in [0.1, 0.15) is 44.0 Å². The molecule has 0 atom stereocenters. The summed E-state index contributed by atoms with van der Waals surface area (Å²) in [5.41, 5.74) is 1.65. The number of hydrogen-bond donors (Lipinski definition) is 2. The van der Waals surface area contributed by atoms with E-state index in [4.69, 9.17) is 0 Å². The van der Waals surface area contributed by atoms with Crippen molar-refractivity contribution in [3.05, 3.63) is 15.9 Å². The first kappa shape index (κ1) is 16.0. The normalized spacial score (nSPS) is 17.1. The summed E-state index contributed by atoms with van der Waals surface area (Å²) in [6, 6.07) is 0. The van der Waals surface area contributed by atoms with E-state index < -0.39 is 5.41 Å². The minimum atomic E-state index is -0.418. The zero-order chi connectivity index (χ0) is 14.8. The van der Waals surface area contributed by atoms with Crippen LogP contribution in [-0.2, 0) is 13.0 Å². The maximum Gasteiger partial charge on any atom is 0.0738 e. The molecule has 0 unspecified atom stereocenters. The van der Waals surface area contributed by atoms with Crippen molar-refractivity contribution in [1.82, 2.24) is 9.78 Å². The highest BCUT2D eigenvalue weighted by molar-refractivity contribution is 9.10. The molecule has 0 saturated heterocycles. The van der Waals surface area contributed by atoms with E-state index in [9.17, 15) is 10.2 Å². The molecule has 1 aliphatic carbocycles. The number of aromatic nitrogens is 2. The number of nitrogens with zero attached hydrogens (tertiary/aromatic N) is 2. The van der Waals surface area contributed by atoms with Crippen molar-refractivity contribution < 1.29 is 10.2 Å². The molecule has 0 spiro atoms. The molecule has 0 aromatic carbocycles. The molecule has 0 amide bonds. The minimum Gasteiger partial charge on any atom is -0.396 e. The Hall–Kier alpha value is -0.390. The third-order valence-corrected chi connectivity index (χ3v) is 5.85. The van der Waals surface area contributed by atoms with Crippen molar-refractivity contribution in [3.63, 3.8) is 0 Å². The fourth-order valence-corrected chi connectivity index (χ4v) is 3.90. The summed E-state index contributed by atoms with van der Waals surface area (Å²) >= 11 is 3.61. The Labute approximate surface area is 129 Å². The number of halogens is 1. The predicted molar refractivity (Wildman–Crippen MR) is 82.6 cm³/mol. The van der Waals surface area contributed by atoms with Crippen LogP contribution >= 0.6 is 15.9 Å². The van der Waals surface area contributed by atoms with Crippen LogP contribution in [-0.4, -0.2) is 33.2 Å². The molecule has 1 aromatic rings. The summed E-state index contributed by atoms with van der Waals surface area (Å²) < 4.78 is 3.00. The number of hydrogen-bond acceptors (Lipinski definition) is 3. The summed E-state index contributed by atoms with van der Waals surface area (Å²) in [6.07, 6.45) is 5.31. The van der Waals surface area contributed by atoms with Gasteiger partial charge in [0.2, 0.25) is 0 Å². The summed E-state index contributed by atoms with van der Waals surface area (Å²) in [7, 11) is 0. The third-order valence-electron chi connectivity index (χ3n) is 4.82. The van der Waals surface area contributed by atoms with Crippen molar-refractivity contribution in [1.29, 1.82) is 0 Å². The molecule has 20 heavy (non-hydrogen) atoms. The fourth-order valence-electron chi connectivity index (χ4n) is 3.47. The second kappa shape index (κ2) is 6.58. The van der Waals surface area contributed by atoms with E-state index in [0.717, 1.165) is 35.2 Å². The molecule has 114 valence electrons. The molecule has 0 radical (unpaired) electrons. The quantitative estimate of drug-likeness (QED) is 0.833. The zero-order valence-corrected chi connectivity index (χ0v) is 14.0. The van der Waals surface area contributed by atoms with Crippen LogP contribution in [0.3, 0.4) is 0 Å². The number of aryl methyl sites for hydroxylation is 2. The Balaban J connectivity index is 2.32. The lowest BCUT2D eigenvalue weighted by atomic mass is 9.72. The molecule has 2 N–H and O–H groups in total. The summed E-state index contributed by atoms with van der Waals surface area (Å²) in [5, 5.41) is 24.4. The summed E-state index contributed by atoms with van der Waals surface area (Å²) in [4.78, 5) is 0. The smallest absolute Gasteiger partial charge is 0.0738 e. The van der Waals surface area contributed by atoms with Gasteiger partial charge < -0.3 is 10.2 Å². The maximum atomic E-state index is 9.95. The first-order chi connectivity index (χ1) is 9.57. The van der Waals surface area contributed by atoms with E-state index >= 15 is 0 Å². The topological polar surface area (TPSA) is 58.3 Å². The summed E-state index contributed by atoms with van der Waals surface area (Å²) in [5.74, 6) is 0.407. The molecule has 1 saturated carbocycles. The molecule has 2 rings (SSSR count). The van der Waals surface area contributed by atoms with E-state index in [1.807, 2.05) is 11.6 Å². The van der Waals surface area contributed by atoms with E-state index in [-0.39, 0.29) is 13.2 Å². The first-order valence-electron chi connectivity index (χ1n) is 7.51. The van der Waals surface area contributed by atoms with Gasteiger partial charge >= 0.3 is 0 Å². The molecule has 1 aliphatic rings. The first-order valence-corrected chi connectivity index (χ1v) is 8.30. The Morgan fingerprint density at radius 3 is 2.40 bits per heavy atom. The average Bonchev–Trinajstić information content (AvgIpc) is 3.08. The van der Waals surface area contributed by atoms with Crippen LogP contribution < -0.4 is 0 Å². The molecular formula is C15H25BrN2O2. The molecular weight excluding hydrogens is 320 g/mol. The Morgan fingerprint density at radius 2 is 1.90 bits per heavy atom. The van der Waals surface area contributed by atoms with Gasteiger partial charge in [0, 0.05) is 18.4 Å². The second-order valence-electron chi connectivity index (χ2n) is 6.00. The average molecular weight is 345 g/mol. The third kappa shape index (κ3) is 2.81. The molecule has 1 fully saturated rings. The lowest BCUT2D eigenvalue weighted by molar-refractivity contribution is 0.00407. The van der Waals surface area contributed by atoms with Gasteiger partial charge in [-0.3, -0.25) is 4.68 Å². The minimum absolute atomic E-state index is 0.0363. The van der Waals surface area contributed by atoms with E-state index in [0.29, 0.717) is 12.3 Å². The maximum absolute atomic E-state index is 9.95. The zero-order valence-electron chi connectivity index (χ0n) is 12.4. The Bertz CT molecular complexity index is 449. The van der Waals surface area contributed by atoms with E-state index in [2.05, 4.69) is 28.0 Å². The highest BCUT2D eigenvalue weighted by atomic mass is 79.9. The van der Waals surface area contributed by atoms with Crippen LogP contribution in [0, 0.1) is 18.3 Å². The van der Waals surface area contributed by atoms with Crippen LogP contribution in [0.25, 0.3) is 0 Å². The van der Waals surface area contributed by atoms with Gasteiger partial charge in [-0.1, -0.05) is 12.8 Å². The van der Waals surface area contributed by atoms with Crippen molar-refractivity contribution in [2.45, 2.75) is 52.5 Å². The number of rotatable bonds is 6. The van der Waals surface area contributed by atoms with Gasteiger partial charge in [0.15, 0.2) is 0 Å². The molecule has 4 nitrogen and oxygen atoms in total. The summed E-state index contributed by atoms with van der Waals surface area (Å²) in [6.45, 7) is 4.93. The number of aliphatic hydroxyl groups is 2. The van der Waals surface area contributed by atoms with E-state index in [1.54, 1.807) is 0 Å². The van der Waals surface area contributed by atoms with Crippen LogP contribution in [0.15, 0.2) is 4.47 Å². The fraction of sp³-hybridized carbons (Fsp3) is 0.800. The van der Waals surface area contributed by atoms with E-state index in [1.165, 1.54) is 12.8 Å². The second-order valence-corrected chi connectivity index (χ2v) is 6.79. The standard InChI is InChI=1S/C15H25BrN2O2/c1-3-18-13(14(16)11(2)17-18)8-15(9-19,10-20)12-6-4-5-7-12/h12,19-20H,3-10H2,1-2H3. The largest absolute Gasteiger partial charge is 0.396 e. The van der Waals surface area contributed by atoms with Gasteiger partial charge in [0.05, 0.1) is 29.1 Å². The predicted octanol–water partition coefficient (Wildman–Crippen LogP) is 2.68. The Morgan fingerprint density at radius 1 is 1.30 bits per heavy atom.